The van der Waals surface area contributed by atoms with Crippen LogP contribution < -0.4 is 5.32 Å². The van der Waals surface area contributed by atoms with Crippen molar-refractivity contribution in [3.8, 4) is 0 Å². The molecule has 53 heavy (non-hydrogen) atoms. The van der Waals surface area contributed by atoms with Crippen LogP contribution in [0.25, 0.3) is 0 Å². The average molecular weight is 748 g/mol. The lowest BCUT2D eigenvalue weighted by Crippen LogP contribution is -2.45. The van der Waals surface area contributed by atoms with Gasteiger partial charge >= 0.3 is 0 Å². The first kappa shape index (κ1) is 51.8. The molecule has 5 heteroatoms. The Balaban J connectivity index is 3.61. The minimum absolute atomic E-state index is 0.00992. The van der Waals surface area contributed by atoms with E-state index in [1.54, 1.807) is 6.08 Å². The van der Waals surface area contributed by atoms with E-state index in [1.807, 2.05) is 6.08 Å². The number of allylic oxidation sites excluding steroid dienone is 3. The van der Waals surface area contributed by atoms with E-state index in [2.05, 4.69) is 31.3 Å². The molecule has 0 saturated heterocycles. The van der Waals surface area contributed by atoms with Crippen molar-refractivity contribution in [1.29, 1.82) is 0 Å². The van der Waals surface area contributed by atoms with Crippen LogP contribution in [0.1, 0.15) is 251 Å². The fourth-order valence-corrected chi connectivity index (χ4v) is 7.36. The molecule has 0 aliphatic heterocycles. The number of carbonyl (C=O) groups excluding carboxylic acids is 1. The van der Waals surface area contributed by atoms with Gasteiger partial charge in [-0.3, -0.25) is 4.79 Å². The molecule has 0 spiro atoms. The van der Waals surface area contributed by atoms with E-state index in [0.717, 1.165) is 32.1 Å². The van der Waals surface area contributed by atoms with Crippen molar-refractivity contribution < 1.29 is 20.1 Å². The maximum atomic E-state index is 12.4. The molecule has 0 aliphatic rings. The first-order valence-corrected chi connectivity index (χ1v) is 23.6. The summed E-state index contributed by atoms with van der Waals surface area (Å²) in [6, 6.07) is -0.757. The lowest BCUT2D eigenvalue weighted by Gasteiger charge is -2.21. The first-order valence-electron chi connectivity index (χ1n) is 23.6. The fourth-order valence-electron chi connectivity index (χ4n) is 7.36. The van der Waals surface area contributed by atoms with Crippen LogP contribution in [-0.2, 0) is 4.79 Å². The molecule has 0 aromatic rings. The molecule has 0 radical (unpaired) electrons. The lowest BCUT2D eigenvalue weighted by atomic mass is 10.0. The number of rotatable bonds is 43. The predicted molar refractivity (Wildman–Crippen MR) is 231 cm³/mol. The van der Waals surface area contributed by atoms with Gasteiger partial charge in [-0.1, -0.05) is 237 Å². The Kier molecular flexibility index (Phi) is 42.6. The van der Waals surface area contributed by atoms with Crippen molar-refractivity contribution in [3.05, 3.63) is 24.3 Å². The molecule has 0 rings (SSSR count). The molecule has 5 nitrogen and oxygen atoms in total. The molecule has 314 valence electrons. The number of aliphatic hydroxyl groups is 3. The van der Waals surface area contributed by atoms with Gasteiger partial charge in [0.15, 0.2) is 0 Å². The molecule has 0 saturated carbocycles. The maximum Gasteiger partial charge on any atom is 0.222 e. The van der Waals surface area contributed by atoms with E-state index in [1.165, 1.54) is 193 Å². The zero-order valence-corrected chi connectivity index (χ0v) is 35.7. The fraction of sp³-hybridized carbons (Fsp3) is 0.896. The third-order valence-corrected chi connectivity index (χ3v) is 11.0. The molecule has 4 N–H and O–H groups in total. The van der Waals surface area contributed by atoms with Crippen LogP contribution in [0.4, 0.5) is 0 Å². The predicted octanol–water partition coefficient (Wildman–Crippen LogP) is 13.8. The molecule has 3 unspecified atom stereocenters. The Morgan fingerprint density at radius 1 is 0.472 bits per heavy atom. The third kappa shape index (κ3) is 40.3. The van der Waals surface area contributed by atoms with Crippen LogP contribution in [0.5, 0.6) is 0 Å². The summed E-state index contributed by atoms with van der Waals surface area (Å²) in [7, 11) is 0. The normalized spacial score (nSPS) is 13.7. The Bertz CT molecular complexity index is 784. The summed E-state index contributed by atoms with van der Waals surface area (Å²) in [5.74, 6) is -0.322. The molecule has 0 aromatic carbocycles. The second-order valence-corrected chi connectivity index (χ2v) is 16.4. The van der Waals surface area contributed by atoms with Gasteiger partial charge in [0.05, 0.1) is 31.3 Å². The summed E-state index contributed by atoms with van der Waals surface area (Å²) in [6.45, 7) is 4.21. The Morgan fingerprint density at radius 2 is 0.811 bits per heavy atom. The summed E-state index contributed by atoms with van der Waals surface area (Å²) in [5, 5.41) is 33.2. The molecule has 0 aromatic heterocycles. The number of nitrogens with one attached hydrogen (secondary N) is 1. The van der Waals surface area contributed by atoms with E-state index >= 15 is 0 Å². The van der Waals surface area contributed by atoms with Gasteiger partial charge in [-0.15, -0.1) is 0 Å². The number of aliphatic hydroxyl groups excluding tert-OH is 3. The van der Waals surface area contributed by atoms with Crippen LogP contribution in [-0.4, -0.2) is 46.1 Å². The van der Waals surface area contributed by atoms with Gasteiger partial charge < -0.3 is 20.6 Å². The SMILES string of the molecule is CCCCCCCCCCC/C=C/CC/C=C/C(O)C(CO)NC(=O)CC(O)CCCCCCCCCCCCCCCCCCCCCCCCC. The maximum absolute atomic E-state index is 12.4. The third-order valence-electron chi connectivity index (χ3n) is 11.0. The minimum atomic E-state index is -0.948. The van der Waals surface area contributed by atoms with Crippen molar-refractivity contribution in [2.75, 3.05) is 6.61 Å². The van der Waals surface area contributed by atoms with Crippen LogP contribution >= 0.6 is 0 Å². The van der Waals surface area contributed by atoms with Gasteiger partial charge in [-0.05, 0) is 32.1 Å². The molecule has 1 amide bonds. The number of hydrogen-bond donors (Lipinski definition) is 4. The monoisotopic (exact) mass is 748 g/mol. The smallest absolute Gasteiger partial charge is 0.222 e. The van der Waals surface area contributed by atoms with E-state index in [4.69, 9.17) is 0 Å². The van der Waals surface area contributed by atoms with E-state index < -0.39 is 18.2 Å². The van der Waals surface area contributed by atoms with Gasteiger partial charge in [0.1, 0.15) is 0 Å². The standard InChI is InChI=1S/C48H93NO4/c1-3-5-7-9-11-13-15-17-19-20-21-22-23-24-25-26-28-29-31-33-35-37-39-41-45(51)43-48(53)49-46(44-50)47(52)42-40-38-36-34-32-30-27-18-16-14-12-10-8-6-4-2/h32,34,40,42,45-47,50-52H,3-31,33,35-39,41,43-44H2,1-2H3,(H,49,53)/b34-32+,42-40+. The Morgan fingerprint density at radius 3 is 1.21 bits per heavy atom. The van der Waals surface area contributed by atoms with Gasteiger partial charge in [-0.2, -0.15) is 0 Å². The minimum Gasteiger partial charge on any atom is -0.394 e. The summed E-state index contributed by atoms with van der Waals surface area (Å²) in [4.78, 5) is 12.4. The zero-order valence-electron chi connectivity index (χ0n) is 35.7. The van der Waals surface area contributed by atoms with Crippen molar-refractivity contribution >= 4 is 5.91 Å². The number of unbranched alkanes of at least 4 members (excludes halogenated alkanes) is 32. The van der Waals surface area contributed by atoms with E-state index in [-0.39, 0.29) is 18.9 Å². The van der Waals surface area contributed by atoms with Gasteiger partial charge in [0, 0.05) is 0 Å². The Labute approximate surface area is 331 Å². The summed E-state index contributed by atoms with van der Waals surface area (Å²) in [5.41, 5.74) is 0. The lowest BCUT2D eigenvalue weighted by molar-refractivity contribution is -0.124. The number of amides is 1. The molecule has 0 aliphatic carbocycles. The highest BCUT2D eigenvalue weighted by molar-refractivity contribution is 5.76. The van der Waals surface area contributed by atoms with Crippen LogP contribution in [0.2, 0.25) is 0 Å². The highest BCUT2D eigenvalue weighted by Crippen LogP contribution is 2.17. The van der Waals surface area contributed by atoms with Crippen molar-refractivity contribution in [2.45, 2.75) is 270 Å². The quantitative estimate of drug-likeness (QED) is 0.0369. The van der Waals surface area contributed by atoms with E-state index in [9.17, 15) is 20.1 Å². The van der Waals surface area contributed by atoms with Gasteiger partial charge in [0.25, 0.3) is 0 Å². The van der Waals surface area contributed by atoms with Crippen molar-refractivity contribution in [1.82, 2.24) is 5.32 Å². The van der Waals surface area contributed by atoms with Crippen molar-refractivity contribution in [2.24, 2.45) is 0 Å². The largest absolute Gasteiger partial charge is 0.394 e. The van der Waals surface area contributed by atoms with Gasteiger partial charge in [0.2, 0.25) is 5.91 Å². The van der Waals surface area contributed by atoms with Crippen LogP contribution in [0.3, 0.4) is 0 Å². The van der Waals surface area contributed by atoms with E-state index in [0.29, 0.717) is 6.42 Å². The highest BCUT2D eigenvalue weighted by atomic mass is 16.3. The van der Waals surface area contributed by atoms with Crippen LogP contribution in [0, 0.1) is 0 Å². The summed E-state index contributed by atoms with van der Waals surface area (Å²) < 4.78 is 0. The first-order chi connectivity index (χ1) is 26.0. The molecule has 0 heterocycles. The second-order valence-electron chi connectivity index (χ2n) is 16.4. The van der Waals surface area contributed by atoms with Crippen LogP contribution in [0.15, 0.2) is 24.3 Å². The average Bonchev–Trinajstić information content (AvgIpc) is 3.15. The molecular weight excluding hydrogens is 655 g/mol. The Hall–Kier alpha value is -1.17. The molecule has 3 atom stereocenters. The second kappa shape index (κ2) is 43.6. The molecule has 0 fully saturated rings. The van der Waals surface area contributed by atoms with Gasteiger partial charge in [-0.25, -0.2) is 0 Å². The highest BCUT2D eigenvalue weighted by Gasteiger charge is 2.20. The van der Waals surface area contributed by atoms with Crippen molar-refractivity contribution in [3.63, 3.8) is 0 Å². The summed E-state index contributed by atoms with van der Waals surface area (Å²) >= 11 is 0. The number of hydrogen-bond acceptors (Lipinski definition) is 4. The molecular formula is C48H93NO4. The molecule has 0 bridgehead atoms. The number of carbonyl (C=O) groups is 1. The topological polar surface area (TPSA) is 89.8 Å². The zero-order chi connectivity index (χ0) is 38.7. The summed E-state index contributed by atoms with van der Waals surface area (Å²) in [6.07, 6.45) is 53.4.